The van der Waals surface area contributed by atoms with Gasteiger partial charge in [0.05, 0.1) is 0 Å². The van der Waals surface area contributed by atoms with Gasteiger partial charge >= 0.3 is 35.9 Å². The van der Waals surface area contributed by atoms with Gasteiger partial charge in [0.1, 0.15) is 0 Å². The van der Waals surface area contributed by atoms with Crippen LogP contribution in [0.1, 0.15) is 52.4 Å². The predicted octanol–water partition coefficient (Wildman–Crippen LogP) is 1.02. The van der Waals surface area contributed by atoms with Gasteiger partial charge in [-0.25, -0.2) is 0 Å². The fourth-order valence-corrected chi connectivity index (χ4v) is 0.500. The molecule has 0 unspecified atom stereocenters. The Hall–Kier alpha value is 1.12. The molecule has 0 rings (SSSR count). The Labute approximate surface area is 102 Å². The summed E-state index contributed by atoms with van der Waals surface area (Å²) in [6.45, 7) is 11.7. The third-order valence-corrected chi connectivity index (χ3v) is 1.21. The van der Waals surface area contributed by atoms with Crippen LogP contribution in [-0.4, -0.2) is 0 Å². The Kier molecular flexibility index (Phi) is 57.1. The number of unbranched alkanes of at least 4 members (excludes halogenated alkanes) is 4. The average Bonchev–Trinajstić information content (AvgIpc) is 1.93. The Morgan fingerprint density at radius 3 is 1.08 bits per heavy atom. The molecular weight excluding hydrogens is 191 g/mol. The molecule has 0 atom stereocenters. The second-order valence-corrected chi connectivity index (χ2v) is 2.41. The maximum absolute atomic E-state index is 3.68. The van der Waals surface area contributed by atoms with E-state index in [9.17, 15) is 0 Å². The van der Waals surface area contributed by atoms with Gasteiger partial charge in [-0.05, 0) is 0 Å². The van der Waals surface area contributed by atoms with Crippen molar-refractivity contribution in [3.63, 3.8) is 0 Å². The SMILES string of the molecule is [CH2-]CCCC.[CH2-]CCCC.[Cu+].[Li+]. The van der Waals surface area contributed by atoms with Crippen LogP contribution in [0.3, 0.4) is 0 Å². The molecule has 12 heavy (non-hydrogen) atoms. The number of hydrogen-bond donors (Lipinski definition) is 0. The van der Waals surface area contributed by atoms with Crippen molar-refractivity contribution in [3.05, 3.63) is 13.8 Å². The van der Waals surface area contributed by atoms with Crippen molar-refractivity contribution in [2.75, 3.05) is 0 Å². The molecule has 0 aromatic rings. The van der Waals surface area contributed by atoms with Crippen LogP contribution in [-0.2, 0) is 17.1 Å². The van der Waals surface area contributed by atoms with Crippen molar-refractivity contribution in [1.29, 1.82) is 0 Å². The van der Waals surface area contributed by atoms with E-state index in [1.54, 1.807) is 0 Å². The van der Waals surface area contributed by atoms with E-state index in [1.165, 1.54) is 25.7 Å². The maximum atomic E-state index is 3.68. The van der Waals surface area contributed by atoms with E-state index < -0.39 is 0 Å². The Morgan fingerprint density at radius 1 is 0.833 bits per heavy atom. The minimum atomic E-state index is 0. The smallest absolute Gasteiger partial charge is 0.343 e. The van der Waals surface area contributed by atoms with Gasteiger partial charge in [-0.2, -0.15) is 12.8 Å². The molecule has 2 heteroatoms. The van der Waals surface area contributed by atoms with Crippen LogP contribution in [0.4, 0.5) is 0 Å². The Bertz CT molecular complexity index is 30.8. The average molecular weight is 213 g/mol. The van der Waals surface area contributed by atoms with E-state index in [4.69, 9.17) is 0 Å². The number of rotatable bonds is 4. The molecule has 0 N–H and O–H groups in total. The fraction of sp³-hybridized carbons (Fsp3) is 0.800. The molecule has 0 aromatic carbocycles. The van der Waals surface area contributed by atoms with Gasteiger partial charge in [0.2, 0.25) is 0 Å². The molecule has 0 aromatic heterocycles. The summed E-state index contributed by atoms with van der Waals surface area (Å²) in [5.74, 6) is 0. The molecule has 0 heterocycles. The van der Waals surface area contributed by atoms with Crippen LogP contribution in [0.2, 0.25) is 0 Å². The van der Waals surface area contributed by atoms with Gasteiger partial charge in [-0.15, -0.1) is 0 Å². The van der Waals surface area contributed by atoms with E-state index >= 15 is 0 Å². The Balaban J connectivity index is -0.0000000457. The molecular formula is C10H22CuLi. The van der Waals surface area contributed by atoms with Crippen molar-refractivity contribution in [3.8, 4) is 0 Å². The number of hydrogen-bond acceptors (Lipinski definition) is 0. The molecule has 0 aliphatic rings. The van der Waals surface area contributed by atoms with E-state index in [1.807, 2.05) is 0 Å². The molecule has 0 amide bonds. The summed E-state index contributed by atoms with van der Waals surface area (Å²) >= 11 is 0. The first kappa shape index (κ1) is 23.2. The molecule has 0 saturated heterocycles. The third-order valence-electron chi connectivity index (χ3n) is 1.21. The first-order valence-electron chi connectivity index (χ1n) is 4.41. The molecule has 0 nitrogen and oxygen atoms in total. The Morgan fingerprint density at radius 2 is 1.08 bits per heavy atom. The van der Waals surface area contributed by atoms with E-state index in [2.05, 4.69) is 27.7 Å². The van der Waals surface area contributed by atoms with Gasteiger partial charge < -0.3 is 13.8 Å². The summed E-state index contributed by atoms with van der Waals surface area (Å²) < 4.78 is 0. The predicted molar refractivity (Wildman–Crippen MR) is 49.8 cm³/mol. The van der Waals surface area contributed by atoms with Crippen LogP contribution in [0, 0.1) is 13.8 Å². The van der Waals surface area contributed by atoms with Crippen molar-refractivity contribution in [1.82, 2.24) is 0 Å². The van der Waals surface area contributed by atoms with Gasteiger partial charge in [0, 0.05) is 0 Å². The molecule has 0 fully saturated rings. The van der Waals surface area contributed by atoms with Crippen LogP contribution in [0.5, 0.6) is 0 Å². The minimum absolute atomic E-state index is 0. The normalized spacial score (nSPS) is 7.00. The van der Waals surface area contributed by atoms with E-state index in [0.29, 0.717) is 0 Å². The molecule has 0 spiro atoms. The van der Waals surface area contributed by atoms with Crippen molar-refractivity contribution >= 4 is 0 Å². The summed E-state index contributed by atoms with van der Waals surface area (Å²) in [5.41, 5.74) is 0. The second-order valence-electron chi connectivity index (χ2n) is 2.41. The largest absolute Gasteiger partial charge is 1.00 e. The zero-order chi connectivity index (χ0) is 8.24. The van der Waals surface area contributed by atoms with Gasteiger partial charge in [0.15, 0.2) is 0 Å². The quantitative estimate of drug-likeness (QED) is 0.483. The van der Waals surface area contributed by atoms with Crippen molar-refractivity contribution in [2.24, 2.45) is 0 Å². The van der Waals surface area contributed by atoms with Crippen LogP contribution in [0.25, 0.3) is 0 Å². The minimum Gasteiger partial charge on any atom is -0.343 e. The molecule has 74 valence electrons. The van der Waals surface area contributed by atoms with Gasteiger partial charge in [-0.3, -0.25) is 0 Å². The third kappa shape index (κ3) is 43.5. The van der Waals surface area contributed by atoms with E-state index in [-0.39, 0.29) is 35.9 Å². The summed E-state index contributed by atoms with van der Waals surface area (Å²) in [6, 6.07) is 0. The van der Waals surface area contributed by atoms with Crippen LogP contribution < -0.4 is 18.9 Å². The molecule has 0 saturated carbocycles. The first-order valence-corrected chi connectivity index (χ1v) is 4.41. The topological polar surface area (TPSA) is 0 Å². The molecule has 0 radical (unpaired) electrons. The standard InChI is InChI=1S/2C5H11.Cu.Li/c2*1-3-5-4-2;;/h2*1,3-5H2,2H3;;/q2*-1;2*+1. The zero-order valence-corrected chi connectivity index (χ0v) is 9.90. The van der Waals surface area contributed by atoms with Crippen molar-refractivity contribution < 1.29 is 35.9 Å². The van der Waals surface area contributed by atoms with Crippen LogP contribution in [0.15, 0.2) is 0 Å². The molecule has 0 bridgehead atoms. The zero-order valence-electron chi connectivity index (χ0n) is 8.96. The molecule has 0 aliphatic carbocycles. The summed E-state index contributed by atoms with van der Waals surface area (Å²) in [7, 11) is 0. The van der Waals surface area contributed by atoms with E-state index in [0.717, 1.165) is 12.8 Å². The van der Waals surface area contributed by atoms with Crippen LogP contribution >= 0.6 is 0 Å². The fourth-order valence-electron chi connectivity index (χ4n) is 0.500. The van der Waals surface area contributed by atoms with Gasteiger partial charge in [0.25, 0.3) is 0 Å². The van der Waals surface area contributed by atoms with Crippen molar-refractivity contribution in [2.45, 2.75) is 52.4 Å². The monoisotopic (exact) mass is 212 g/mol. The maximum Gasteiger partial charge on any atom is 1.00 e. The summed E-state index contributed by atoms with van der Waals surface area (Å²) in [5, 5.41) is 0. The summed E-state index contributed by atoms with van der Waals surface area (Å²) in [6.07, 6.45) is 7.31. The molecule has 0 aliphatic heterocycles. The van der Waals surface area contributed by atoms with Gasteiger partial charge in [-0.1, -0.05) is 39.5 Å². The first-order chi connectivity index (χ1) is 4.83. The second kappa shape index (κ2) is 29.6. The summed E-state index contributed by atoms with van der Waals surface area (Å²) in [4.78, 5) is 0.